The Morgan fingerprint density at radius 3 is 2.60 bits per heavy atom. The molecular formula is C10H12N4O. The first-order valence-electron chi connectivity index (χ1n) is 4.64. The molecule has 0 saturated heterocycles. The summed E-state index contributed by atoms with van der Waals surface area (Å²) in [6.07, 6.45) is 0.494. The Morgan fingerprint density at radius 1 is 1.27 bits per heavy atom. The number of hydrogen-bond donors (Lipinski definition) is 2. The van der Waals surface area contributed by atoms with Gasteiger partial charge in [-0.1, -0.05) is 30.3 Å². The van der Waals surface area contributed by atoms with Crippen molar-refractivity contribution < 1.29 is 4.52 Å². The summed E-state index contributed by atoms with van der Waals surface area (Å²) in [5.74, 6) is 0.606. The molecular weight excluding hydrogens is 192 g/mol. The molecule has 4 N–H and O–H groups in total. The smallest absolute Gasteiger partial charge is 0.260 e. The summed E-state index contributed by atoms with van der Waals surface area (Å²) in [6, 6.07) is 9.61. The van der Waals surface area contributed by atoms with Gasteiger partial charge >= 0.3 is 0 Å². The van der Waals surface area contributed by atoms with Gasteiger partial charge in [0.15, 0.2) is 0 Å². The summed E-state index contributed by atoms with van der Waals surface area (Å²) in [5.41, 5.74) is 12.3. The molecule has 0 aliphatic carbocycles. The van der Waals surface area contributed by atoms with E-state index in [2.05, 4.69) is 10.1 Å². The molecule has 1 aromatic heterocycles. The van der Waals surface area contributed by atoms with Crippen molar-refractivity contribution in [2.75, 3.05) is 5.73 Å². The third kappa shape index (κ3) is 2.32. The van der Waals surface area contributed by atoms with Crippen LogP contribution in [0.4, 0.5) is 5.95 Å². The van der Waals surface area contributed by atoms with Crippen LogP contribution in [-0.4, -0.2) is 10.1 Å². The van der Waals surface area contributed by atoms with Gasteiger partial charge in [-0.3, -0.25) is 0 Å². The summed E-state index contributed by atoms with van der Waals surface area (Å²) in [4.78, 5) is 3.90. The maximum Gasteiger partial charge on any atom is 0.260 e. The fourth-order valence-corrected chi connectivity index (χ4v) is 1.36. The lowest BCUT2D eigenvalue weighted by Gasteiger charge is -2.08. The van der Waals surface area contributed by atoms with E-state index in [1.807, 2.05) is 30.3 Å². The zero-order valence-corrected chi connectivity index (χ0v) is 8.13. The summed E-state index contributed by atoms with van der Waals surface area (Å²) >= 11 is 0. The molecule has 0 spiro atoms. The van der Waals surface area contributed by atoms with Crippen LogP contribution in [0.25, 0.3) is 0 Å². The Hall–Kier alpha value is -1.88. The van der Waals surface area contributed by atoms with E-state index in [1.54, 1.807) is 0 Å². The number of anilines is 1. The molecule has 1 heterocycles. The van der Waals surface area contributed by atoms with Crippen molar-refractivity contribution >= 4 is 5.95 Å². The SMILES string of the molecule is Nc1noc(CC(N)c2ccccc2)n1. The average molecular weight is 204 g/mol. The molecule has 1 unspecified atom stereocenters. The lowest BCUT2D eigenvalue weighted by molar-refractivity contribution is 0.370. The molecule has 2 aromatic rings. The molecule has 78 valence electrons. The molecule has 0 saturated carbocycles. The van der Waals surface area contributed by atoms with E-state index in [0.29, 0.717) is 12.3 Å². The first-order valence-corrected chi connectivity index (χ1v) is 4.64. The van der Waals surface area contributed by atoms with Crippen molar-refractivity contribution in [1.82, 2.24) is 10.1 Å². The minimum Gasteiger partial charge on any atom is -0.365 e. The van der Waals surface area contributed by atoms with Crippen LogP contribution in [0.3, 0.4) is 0 Å². The number of nitrogen functional groups attached to an aromatic ring is 1. The quantitative estimate of drug-likeness (QED) is 0.774. The fourth-order valence-electron chi connectivity index (χ4n) is 1.36. The van der Waals surface area contributed by atoms with Crippen molar-refractivity contribution in [3.8, 4) is 0 Å². The van der Waals surface area contributed by atoms with Gasteiger partial charge in [0.05, 0.1) is 0 Å². The second kappa shape index (κ2) is 4.10. The molecule has 1 atom stereocenters. The zero-order valence-electron chi connectivity index (χ0n) is 8.13. The maximum absolute atomic E-state index is 5.97. The van der Waals surface area contributed by atoms with Crippen LogP contribution in [0.2, 0.25) is 0 Å². The van der Waals surface area contributed by atoms with E-state index in [-0.39, 0.29) is 12.0 Å². The monoisotopic (exact) mass is 204 g/mol. The van der Waals surface area contributed by atoms with E-state index in [1.165, 1.54) is 0 Å². The van der Waals surface area contributed by atoms with Gasteiger partial charge in [-0.2, -0.15) is 4.98 Å². The largest absolute Gasteiger partial charge is 0.365 e. The molecule has 0 aliphatic rings. The van der Waals surface area contributed by atoms with E-state index in [4.69, 9.17) is 16.0 Å². The van der Waals surface area contributed by atoms with Crippen LogP contribution in [0.1, 0.15) is 17.5 Å². The number of hydrogen-bond acceptors (Lipinski definition) is 5. The molecule has 0 fully saturated rings. The third-order valence-corrected chi connectivity index (χ3v) is 2.11. The average Bonchev–Trinajstić information content (AvgIpc) is 2.65. The highest BCUT2D eigenvalue weighted by molar-refractivity contribution is 5.20. The normalized spacial score (nSPS) is 12.6. The van der Waals surface area contributed by atoms with Crippen molar-refractivity contribution in [3.63, 3.8) is 0 Å². The van der Waals surface area contributed by atoms with Crippen molar-refractivity contribution in [2.45, 2.75) is 12.5 Å². The van der Waals surface area contributed by atoms with Crippen LogP contribution in [0.15, 0.2) is 34.9 Å². The van der Waals surface area contributed by atoms with Crippen molar-refractivity contribution in [2.24, 2.45) is 5.73 Å². The summed E-state index contributed by atoms with van der Waals surface area (Å²) in [7, 11) is 0. The Labute approximate surface area is 87.1 Å². The summed E-state index contributed by atoms with van der Waals surface area (Å²) < 4.78 is 4.89. The molecule has 0 amide bonds. The van der Waals surface area contributed by atoms with Crippen molar-refractivity contribution in [1.29, 1.82) is 0 Å². The highest BCUT2D eigenvalue weighted by atomic mass is 16.5. The molecule has 5 nitrogen and oxygen atoms in total. The molecule has 5 heteroatoms. The number of benzene rings is 1. The van der Waals surface area contributed by atoms with E-state index in [9.17, 15) is 0 Å². The summed E-state index contributed by atoms with van der Waals surface area (Å²) in [5, 5.41) is 3.50. The topological polar surface area (TPSA) is 91.0 Å². The fraction of sp³-hybridized carbons (Fsp3) is 0.200. The van der Waals surface area contributed by atoms with Gasteiger partial charge in [0.2, 0.25) is 5.89 Å². The van der Waals surface area contributed by atoms with Gasteiger partial charge in [0.25, 0.3) is 5.95 Å². The standard InChI is InChI=1S/C10H12N4O/c11-8(7-4-2-1-3-5-7)6-9-13-10(12)14-15-9/h1-5,8H,6,11H2,(H2,12,14). The van der Waals surface area contributed by atoms with Gasteiger partial charge in [-0.25, -0.2) is 0 Å². The van der Waals surface area contributed by atoms with Gasteiger partial charge in [0, 0.05) is 12.5 Å². The Bertz CT molecular complexity index is 426. The minimum atomic E-state index is -0.147. The number of nitrogens with two attached hydrogens (primary N) is 2. The van der Waals surface area contributed by atoms with Crippen molar-refractivity contribution in [3.05, 3.63) is 41.8 Å². The molecule has 1 aromatic carbocycles. The third-order valence-electron chi connectivity index (χ3n) is 2.11. The molecule has 0 radical (unpaired) electrons. The number of nitrogens with zero attached hydrogens (tertiary/aromatic N) is 2. The highest BCUT2D eigenvalue weighted by Gasteiger charge is 2.11. The maximum atomic E-state index is 5.97. The van der Waals surface area contributed by atoms with Gasteiger partial charge in [0.1, 0.15) is 0 Å². The van der Waals surface area contributed by atoms with E-state index < -0.39 is 0 Å². The van der Waals surface area contributed by atoms with Crippen LogP contribution in [0.5, 0.6) is 0 Å². The van der Waals surface area contributed by atoms with Gasteiger partial charge in [-0.15, -0.1) is 0 Å². The van der Waals surface area contributed by atoms with Gasteiger partial charge in [-0.05, 0) is 10.7 Å². The number of rotatable bonds is 3. The first kappa shape index (κ1) is 9.67. The first-order chi connectivity index (χ1) is 7.25. The van der Waals surface area contributed by atoms with Crippen LogP contribution < -0.4 is 11.5 Å². The van der Waals surface area contributed by atoms with E-state index >= 15 is 0 Å². The minimum absolute atomic E-state index is 0.144. The van der Waals surface area contributed by atoms with Crippen LogP contribution in [-0.2, 0) is 6.42 Å². The predicted molar refractivity (Wildman–Crippen MR) is 55.8 cm³/mol. The lowest BCUT2D eigenvalue weighted by Crippen LogP contribution is -2.13. The summed E-state index contributed by atoms with van der Waals surface area (Å²) in [6.45, 7) is 0. The predicted octanol–water partition coefficient (Wildman–Crippen LogP) is 0.894. The Morgan fingerprint density at radius 2 is 2.00 bits per heavy atom. The molecule has 2 rings (SSSR count). The molecule has 0 aliphatic heterocycles. The Kier molecular flexibility index (Phi) is 2.64. The van der Waals surface area contributed by atoms with Crippen LogP contribution in [0, 0.1) is 0 Å². The molecule has 0 bridgehead atoms. The van der Waals surface area contributed by atoms with E-state index in [0.717, 1.165) is 5.56 Å². The molecule has 15 heavy (non-hydrogen) atoms. The second-order valence-electron chi connectivity index (χ2n) is 3.27. The Balaban J connectivity index is 2.07. The lowest BCUT2D eigenvalue weighted by atomic mass is 10.1. The highest BCUT2D eigenvalue weighted by Crippen LogP contribution is 2.14. The zero-order chi connectivity index (χ0) is 10.7. The second-order valence-corrected chi connectivity index (χ2v) is 3.27. The van der Waals surface area contributed by atoms with Gasteiger partial charge < -0.3 is 16.0 Å². The number of aromatic nitrogens is 2. The van der Waals surface area contributed by atoms with Crippen LogP contribution >= 0.6 is 0 Å².